The number of carboxylic acids is 1. The number of rotatable bonds is 6. The van der Waals surface area contributed by atoms with Crippen LogP contribution in [0.25, 0.3) is 0 Å². The molecule has 0 unspecified atom stereocenters. The van der Waals surface area contributed by atoms with Gasteiger partial charge in [0.2, 0.25) is 0 Å². The van der Waals surface area contributed by atoms with E-state index in [0.29, 0.717) is 19.0 Å². The van der Waals surface area contributed by atoms with E-state index in [1.165, 1.54) is 5.56 Å². The van der Waals surface area contributed by atoms with Gasteiger partial charge in [0.15, 0.2) is 0 Å². The Kier molecular flexibility index (Phi) is 5.69. The molecule has 152 valence electrons. The van der Waals surface area contributed by atoms with E-state index in [0.717, 1.165) is 30.6 Å². The van der Waals surface area contributed by atoms with Gasteiger partial charge in [-0.1, -0.05) is 42.5 Å². The number of carboxylic acid groups (broad SMARTS) is 1. The molecule has 6 nitrogen and oxygen atoms in total. The lowest BCUT2D eigenvalue weighted by atomic mass is 10.1. The van der Waals surface area contributed by atoms with E-state index in [-0.39, 0.29) is 24.6 Å². The van der Waals surface area contributed by atoms with Crippen LogP contribution < -0.4 is 10.1 Å². The Bertz CT molecular complexity index is 845. The lowest BCUT2D eigenvalue weighted by Crippen LogP contribution is -2.47. The number of ether oxygens (including phenoxy) is 1. The number of hydrogen-bond donors (Lipinski definition) is 2. The fourth-order valence-electron chi connectivity index (χ4n) is 3.90. The maximum atomic E-state index is 12.5. The molecule has 6 heteroatoms. The van der Waals surface area contributed by atoms with Crippen molar-refractivity contribution in [3.63, 3.8) is 0 Å². The van der Waals surface area contributed by atoms with Crippen molar-refractivity contribution in [2.24, 2.45) is 0 Å². The molecule has 1 saturated heterocycles. The summed E-state index contributed by atoms with van der Waals surface area (Å²) in [7, 11) is 0. The second-order valence-corrected chi connectivity index (χ2v) is 7.83. The quantitative estimate of drug-likeness (QED) is 0.787. The number of piperidine rings is 1. The maximum absolute atomic E-state index is 12.5. The van der Waals surface area contributed by atoms with Crippen LogP contribution in [0.3, 0.4) is 0 Å². The predicted octanol–water partition coefficient (Wildman–Crippen LogP) is 3.42. The molecule has 1 aliphatic heterocycles. The molecule has 1 saturated carbocycles. The molecule has 0 spiro atoms. The van der Waals surface area contributed by atoms with Crippen molar-refractivity contribution in [2.75, 3.05) is 13.1 Å². The molecule has 2 atom stereocenters. The molecule has 0 bridgehead atoms. The molecule has 1 aliphatic carbocycles. The van der Waals surface area contributed by atoms with Crippen LogP contribution in [-0.4, -0.2) is 47.2 Å². The number of nitrogens with zero attached hydrogens (tertiary/aromatic N) is 1. The van der Waals surface area contributed by atoms with Crippen molar-refractivity contribution in [1.29, 1.82) is 0 Å². The number of aliphatic carboxylic acids is 1. The first-order valence-electron chi connectivity index (χ1n) is 10.2. The zero-order valence-corrected chi connectivity index (χ0v) is 16.3. The summed E-state index contributed by atoms with van der Waals surface area (Å²) >= 11 is 0. The van der Waals surface area contributed by atoms with E-state index in [1.54, 1.807) is 12.1 Å². The van der Waals surface area contributed by atoms with Crippen molar-refractivity contribution in [3.8, 4) is 5.75 Å². The topological polar surface area (TPSA) is 78.9 Å². The van der Waals surface area contributed by atoms with E-state index in [2.05, 4.69) is 17.4 Å². The SMILES string of the molecule is O=C(O)Cc1ccc(OC2CCN(C(=O)N[C@H]3C[C@@H]3c3ccccc3)CC2)cc1. The Labute approximate surface area is 170 Å². The van der Waals surface area contributed by atoms with Crippen LogP contribution in [0.4, 0.5) is 4.79 Å². The number of carbonyl (C=O) groups is 2. The molecule has 1 heterocycles. The Hall–Kier alpha value is -3.02. The van der Waals surface area contributed by atoms with Crippen LogP contribution >= 0.6 is 0 Å². The molecule has 2 fully saturated rings. The standard InChI is InChI=1S/C23H26N2O4/c26-22(27)14-16-6-8-18(9-7-16)29-19-10-12-25(13-11-19)23(28)24-21-15-20(21)17-4-2-1-3-5-17/h1-9,19-21H,10-15H2,(H,24,28)(H,26,27)/t20-,21+/m1/s1. The van der Waals surface area contributed by atoms with Gasteiger partial charge in [-0.15, -0.1) is 0 Å². The van der Waals surface area contributed by atoms with Crippen LogP contribution in [0, 0.1) is 0 Å². The van der Waals surface area contributed by atoms with Crippen molar-refractivity contribution in [2.45, 2.75) is 43.7 Å². The first-order chi connectivity index (χ1) is 14.1. The molecular weight excluding hydrogens is 368 g/mol. The van der Waals surface area contributed by atoms with E-state index < -0.39 is 5.97 Å². The number of hydrogen-bond acceptors (Lipinski definition) is 3. The maximum Gasteiger partial charge on any atom is 0.317 e. The Morgan fingerprint density at radius 3 is 2.38 bits per heavy atom. The van der Waals surface area contributed by atoms with Gasteiger partial charge in [-0.3, -0.25) is 4.79 Å². The zero-order valence-electron chi connectivity index (χ0n) is 16.3. The summed E-state index contributed by atoms with van der Waals surface area (Å²) in [6.45, 7) is 1.35. The van der Waals surface area contributed by atoms with Crippen molar-refractivity contribution < 1.29 is 19.4 Å². The second-order valence-electron chi connectivity index (χ2n) is 7.83. The van der Waals surface area contributed by atoms with Crippen LogP contribution in [-0.2, 0) is 11.2 Å². The molecule has 2 N–H and O–H groups in total. The van der Waals surface area contributed by atoms with Gasteiger partial charge >= 0.3 is 12.0 Å². The van der Waals surface area contributed by atoms with E-state index in [9.17, 15) is 9.59 Å². The van der Waals surface area contributed by atoms with E-state index >= 15 is 0 Å². The van der Waals surface area contributed by atoms with Gasteiger partial charge in [0.25, 0.3) is 0 Å². The monoisotopic (exact) mass is 394 g/mol. The molecule has 0 radical (unpaired) electrons. The van der Waals surface area contributed by atoms with Crippen molar-refractivity contribution >= 4 is 12.0 Å². The summed E-state index contributed by atoms with van der Waals surface area (Å²) in [5.74, 6) is 0.335. The molecule has 0 aromatic heterocycles. The van der Waals surface area contributed by atoms with E-state index in [4.69, 9.17) is 9.84 Å². The van der Waals surface area contributed by atoms with Gasteiger partial charge < -0.3 is 20.1 Å². The highest BCUT2D eigenvalue weighted by atomic mass is 16.5. The minimum atomic E-state index is -0.842. The summed E-state index contributed by atoms with van der Waals surface area (Å²) in [6, 6.07) is 17.8. The van der Waals surface area contributed by atoms with E-state index in [1.807, 2.05) is 35.2 Å². The minimum absolute atomic E-state index is 0.0138. The smallest absolute Gasteiger partial charge is 0.317 e. The summed E-state index contributed by atoms with van der Waals surface area (Å²) < 4.78 is 6.01. The van der Waals surface area contributed by atoms with Gasteiger partial charge in [-0.25, -0.2) is 4.79 Å². The van der Waals surface area contributed by atoms with Gasteiger partial charge in [-0.2, -0.15) is 0 Å². The highest BCUT2D eigenvalue weighted by Crippen LogP contribution is 2.40. The number of urea groups is 1. The molecule has 2 amide bonds. The average Bonchev–Trinajstić information content (AvgIpc) is 3.49. The Morgan fingerprint density at radius 1 is 1.03 bits per heavy atom. The third-order valence-corrected chi connectivity index (χ3v) is 5.64. The largest absolute Gasteiger partial charge is 0.490 e. The predicted molar refractivity (Wildman–Crippen MR) is 109 cm³/mol. The minimum Gasteiger partial charge on any atom is -0.490 e. The summed E-state index contributed by atoms with van der Waals surface area (Å²) in [5.41, 5.74) is 2.05. The first-order valence-corrected chi connectivity index (χ1v) is 10.2. The fourth-order valence-corrected chi connectivity index (χ4v) is 3.90. The zero-order chi connectivity index (χ0) is 20.2. The van der Waals surface area contributed by atoms with Gasteiger partial charge in [-0.05, 0) is 29.7 Å². The first kappa shape index (κ1) is 19.3. The average molecular weight is 394 g/mol. The van der Waals surface area contributed by atoms with Crippen molar-refractivity contribution in [3.05, 3.63) is 65.7 Å². The van der Waals surface area contributed by atoms with Crippen LogP contribution in [0.1, 0.15) is 36.3 Å². The third-order valence-electron chi connectivity index (χ3n) is 5.64. The Balaban J connectivity index is 1.20. The number of amides is 2. The summed E-state index contributed by atoms with van der Waals surface area (Å²) in [6.07, 6.45) is 2.67. The number of nitrogens with one attached hydrogen (secondary N) is 1. The highest BCUT2D eigenvalue weighted by molar-refractivity contribution is 5.75. The molecule has 2 aromatic rings. The summed E-state index contributed by atoms with van der Waals surface area (Å²) in [4.78, 5) is 25.2. The van der Waals surface area contributed by atoms with Crippen LogP contribution in [0.15, 0.2) is 54.6 Å². The summed E-state index contributed by atoms with van der Waals surface area (Å²) in [5, 5.41) is 12.0. The van der Waals surface area contributed by atoms with Gasteiger partial charge in [0.05, 0.1) is 6.42 Å². The third kappa shape index (κ3) is 5.08. The van der Waals surface area contributed by atoms with Crippen LogP contribution in [0.5, 0.6) is 5.75 Å². The normalized spacial score (nSPS) is 21.4. The lowest BCUT2D eigenvalue weighted by Gasteiger charge is -2.32. The number of carbonyl (C=O) groups excluding carboxylic acids is 1. The van der Waals surface area contributed by atoms with Crippen molar-refractivity contribution in [1.82, 2.24) is 10.2 Å². The number of likely N-dealkylation sites (tertiary alicyclic amines) is 1. The highest BCUT2D eigenvalue weighted by Gasteiger charge is 2.40. The number of benzene rings is 2. The molecular formula is C23H26N2O4. The fraction of sp³-hybridized carbons (Fsp3) is 0.391. The Morgan fingerprint density at radius 2 is 1.72 bits per heavy atom. The molecule has 4 rings (SSSR count). The van der Waals surface area contributed by atoms with Gasteiger partial charge in [0, 0.05) is 37.9 Å². The lowest BCUT2D eigenvalue weighted by molar-refractivity contribution is -0.136. The molecule has 2 aromatic carbocycles. The molecule has 29 heavy (non-hydrogen) atoms. The van der Waals surface area contributed by atoms with Gasteiger partial charge in [0.1, 0.15) is 11.9 Å². The van der Waals surface area contributed by atoms with Crippen LogP contribution in [0.2, 0.25) is 0 Å². The molecule has 2 aliphatic rings. The second kappa shape index (κ2) is 8.55.